The smallest absolute Gasteiger partial charge is 0.422 e. The van der Waals surface area contributed by atoms with Crippen LogP contribution < -0.4 is 4.74 Å². The van der Waals surface area contributed by atoms with Gasteiger partial charge in [-0.3, -0.25) is 4.79 Å². The van der Waals surface area contributed by atoms with E-state index < -0.39 is 12.8 Å². The van der Waals surface area contributed by atoms with Crippen molar-refractivity contribution in [1.82, 2.24) is 0 Å². The van der Waals surface area contributed by atoms with Crippen molar-refractivity contribution < 1.29 is 22.7 Å². The molecule has 0 saturated heterocycles. The molecule has 1 aliphatic carbocycles. The third kappa shape index (κ3) is 2.91. The molecular formula is C14H15F3O2. The Morgan fingerprint density at radius 2 is 1.84 bits per heavy atom. The van der Waals surface area contributed by atoms with E-state index in [0.717, 1.165) is 5.56 Å². The third-order valence-electron chi connectivity index (χ3n) is 3.66. The van der Waals surface area contributed by atoms with E-state index in [2.05, 4.69) is 4.74 Å². The minimum absolute atomic E-state index is 0.136. The molecule has 0 radical (unpaired) electrons. The van der Waals surface area contributed by atoms with Gasteiger partial charge in [0.15, 0.2) is 6.61 Å². The summed E-state index contributed by atoms with van der Waals surface area (Å²) >= 11 is 0. The maximum atomic E-state index is 12.0. The van der Waals surface area contributed by atoms with Gasteiger partial charge < -0.3 is 4.74 Å². The van der Waals surface area contributed by atoms with Crippen molar-refractivity contribution in [3.63, 3.8) is 0 Å². The van der Waals surface area contributed by atoms with Gasteiger partial charge in [0, 0.05) is 17.8 Å². The fraction of sp³-hybridized carbons (Fsp3) is 0.500. The van der Waals surface area contributed by atoms with Crippen LogP contribution >= 0.6 is 0 Å². The second-order valence-electron chi connectivity index (χ2n) is 5.37. The van der Waals surface area contributed by atoms with Crippen molar-refractivity contribution >= 4 is 5.78 Å². The molecule has 0 N–H and O–H groups in total. The Labute approximate surface area is 109 Å². The van der Waals surface area contributed by atoms with Gasteiger partial charge in [0.05, 0.1) is 0 Å². The minimum atomic E-state index is -4.33. The van der Waals surface area contributed by atoms with Crippen molar-refractivity contribution in [3.05, 3.63) is 29.8 Å². The molecule has 1 atom stereocenters. The van der Waals surface area contributed by atoms with Gasteiger partial charge in [-0.25, -0.2) is 0 Å². The highest BCUT2D eigenvalue weighted by Crippen LogP contribution is 2.49. The van der Waals surface area contributed by atoms with Gasteiger partial charge in [-0.2, -0.15) is 13.2 Å². The molecule has 1 aromatic carbocycles. The van der Waals surface area contributed by atoms with Crippen LogP contribution in [0, 0.1) is 5.41 Å². The molecule has 1 aliphatic rings. The van der Waals surface area contributed by atoms with Crippen LogP contribution in [-0.2, 0) is 4.79 Å². The largest absolute Gasteiger partial charge is 0.484 e. The molecule has 0 amide bonds. The van der Waals surface area contributed by atoms with Crippen molar-refractivity contribution in [2.45, 2.75) is 32.4 Å². The molecule has 1 unspecified atom stereocenters. The van der Waals surface area contributed by atoms with Gasteiger partial charge in [0.1, 0.15) is 11.5 Å². The summed E-state index contributed by atoms with van der Waals surface area (Å²) in [5.74, 6) is 0.538. The van der Waals surface area contributed by atoms with E-state index in [9.17, 15) is 18.0 Å². The van der Waals surface area contributed by atoms with Crippen LogP contribution in [0.5, 0.6) is 5.75 Å². The monoisotopic (exact) mass is 272 g/mol. The van der Waals surface area contributed by atoms with E-state index in [1.165, 1.54) is 12.1 Å². The average Bonchev–Trinajstić information content (AvgIpc) is 2.33. The van der Waals surface area contributed by atoms with Gasteiger partial charge in [-0.15, -0.1) is 0 Å². The molecule has 0 bridgehead atoms. The first-order chi connectivity index (χ1) is 8.70. The number of hydrogen-bond acceptors (Lipinski definition) is 2. The molecule has 1 fully saturated rings. The molecule has 0 spiro atoms. The Morgan fingerprint density at radius 1 is 1.26 bits per heavy atom. The van der Waals surface area contributed by atoms with Crippen LogP contribution in [0.1, 0.15) is 31.7 Å². The summed E-state index contributed by atoms with van der Waals surface area (Å²) < 4.78 is 40.6. The highest BCUT2D eigenvalue weighted by Gasteiger charge is 2.47. The SMILES string of the molecule is CC1(C)C(=O)CC1c1ccc(OCC(F)(F)F)cc1. The van der Waals surface area contributed by atoms with E-state index in [-0.39, 0.29) is 22.9 Å². The van der Waals surface area contributed by atoms with Crippen molar-refractivity contribution in [2.75, 3.05) is 6.61 Å². The summed E-state index contributed by atoms with van der Waals surface area (Å²) in [5.41, 5.74) is 0.581. The molecule has 5 heteroatoms. The van der Waals surface area contributed by atoms with Gasteiger partial charge in [0.2, 0.25) is 0 Å². The Morgan fingerprint density at radius 3 is 2.26 bits per heavy atom. The molecule has 1 saturated carbocycles. The summed E-state index contributed by atoms with van der Waals surface area (Å²) in [6, 6.07) is 6.48. The fourth-order valence-electron chi connectivity index (χ4n) is 2.26. The number of ketones is 1. The van der Waals surface area contributed by atoms with Crippen molar-refractivity contribution in [1.29, 1.82) is 0 Å². The summed E-state index contributed by atoms with van der Waals surface area (Å²) in [6.45, 7) is 2.48. The number of hydrogen-bond donors (Lipinski definition) is 0. The molecule has 0 aromatic heterocycles. The highest BCUT2D eigenvalue weighted by atomic mass is 19.4. The summed E-state index contributed by atoms with van der Waals surface area (Å²) in [4.78, 5) is 11.5. The molecule has 2 nitrogen and oxygen atoms in total. The number of rotatable bonds is 3. The number of halogens is 3. The quantitative estimate of drug-likeness (QED) is 0.838. The lowest BCUT2D eigenvalue weighted by Gasteiger charge is -2.42. The topological polar surface area (TPSA) is 26.3 Å². The second kappa shape index (κ2) is 4.54. The third-order valence-corrected chi connectivity index (χ3v) is 3.66. The summed E-state index contributed by atoms with van der Waals surface area (Å²) in [5, 5.41) is 0. The molecular weight excluding hydrogens is 257 g/mol. The lowest BCUT2D eigenvalue weighted by Crippen LogP contribution is -2.43. The molecule has 0 aliphatic heterocycles. The standard InChI is InChI=1S/C14H15F3O2/c1-13(2)11(7-12(13)18)9-3-5-10(6-4-9)19-8-14(15,16)17/h3-6,11H,7-8H2,1-2H3. The van der Waals surface area contributed by atoms with Gasteiger partial charge in [0.25, 0.3) is 0 Å². The van der Waals surface area contributed by atoms with E-state index in [0.29, 0.717) is 6.42 Å². The predicted molar refractivity (Wildman–Crippen MR) is 64.1 cm³/mol. The van der Waals surface area contributed by atoms with Gasteiger partial charge >= 0.3 is 6.18 Å². The van der Waals surface area contributed by atoms with E-state index in [4.69, 9.17) is 0 Å². The van der Waals surface area contributed by atoms with Crippen molar-refractivity contribution in [2.24, 2.45) is 5.41 Å². The zero-order valence-electron chi connectivity index (χ0n) is 10.8. The van der Waals surface area contributed by atoms with E-state index in [1.54, 1.807) is 12.1 Å². The van der Waals surface area contributed by atoms with Crippen molar-refractivity contribution in [3.8, 4) is 5.75 Å². The number of carbonyl (C=O) groups is 1. The highest BCUT2D eigenvalue weighted by molar-refractivity contribution is 5.92. The first-order valence-corrected chi connectivity index (χ1v) is 6.03. The van der Waals surface area contributed by atoms with Crippen LogP contribution in [0.25, 0.3) is 0 Å². The first-order valence-electron chi connectivity index (χ1n) is 6.03. The Hall–Kier alpha value is -1.52. The Bertz CT molecular complexity index is 474. The normalized spacial score (nSPS) is 21.9. The molecule has 0 heterocycles. The lowest BCUT2D eigenvalue weighted by molar-refractivity contribution is -0.153. The lowest BCUT2D eigenvalue weighted by atomic mass is 9.59. The zero-order valence-corrected chi connectivity index (χ0v) is 10.8. The maximum Gasteiger partial charge on any atom is 0.422 e. The predicted octanol–water partition coefficient (Wildman–Crippen LogP) is 3.71. The number of Topliss-reactive ketones (excluding diaryl/α,β-unsaturated/α-hetero) is 1. The van der Waals surface area contributed by atoms with Crippen LogP contribution in [0.15, 0.2) is 24.3 Å². The van der Waals surface area contributed by atoms with Crippen LogP contribution in [0.4, 0.5) is 13.2 Å². The number of carbonyl (C=O) groups excluding carboxylic acids is 1. The Kier molecular flexibility index (Phi) is 3.32. The zero-order chi connectivity index (χ0) is 14.3. The summed E-state index contributed by atoms with van der Waals surface area (Å²) in [6.07, 6.45) is -3.84. The van der Waals surface area contributed by atoms with Crippen LogP contribution in [0.3, 0.4) is 0 Å². The Balaban J connectivity index is 2.02. The van der Waals surface area contributed by atoms with E-state index >= 15 is 0 Å². The maximum absolute atomic E-state index is 12.0. The average molecular weight is 272 g/mol. The van der Waals surface area contributed by atoms with Crippen LogP contribution in [0.2, 0.25) is 0 Å². The fourth-order valence-corrected chi connectivity index (χ4v) is 2.26. The number of alkyl halides is 3. The minimum Gasteiger partial charge on any atom is -0.484 e. The second-order valence-corrected chi connectivity index (χ2v) is 5.37. The van der Waals surface area contributed by atoms with Gasteiger partial charge in [-0.1, -0.05) is 26.0 Å². The molecule has 104 valence electrons. The van der Waals surface area contributed by atoms with Crippen LogP contribution in [-0.4, -0.2) is 18.6 Å². The first kappa shape index (κ1) is 13.9. The molecule has 19 heavy (non-hydrogen) atoms. The van der Waals surface area contributed by atoms with E-state index in [1.807, 2.05) is 13.8 Å². The molecule has 2 rings (SSSR count). The molecule has 1 aromatic rings. The number of ether oxygens (including phenoxy) is 1. The summed E-state index contributed by atoms with van der Waals surface area (Å²) in [7, 11) is 0. The number of benzene rings is 1. The van der Waals surface area contributed by atoms with Gasteiger partial charge in [-0.05, 0) is 17.7 Å².